The number of rotatable bonds is 4. The van der Waals surface area contributed by atoms with Crippen molar-refractivity contribution < 1.29 is 9.59 Å². The minimum Gasteiger partial charge on any atom is -0.354 e. The summed E-state index contributed by atoms with van der Waals surface area (Å²) < 4.78 is 1.56. The first-order valence-corrected chi connectivity index (χ1v) is 5.99. The van der Waals surface area contributed by atoms with E-state index < -0.39 is 0 Å². The van der Waals surface area contributed by atoms with Gasteiger partial charge in [-0.1, -0.05) is 30.3 Å². The van der Waals surface area contributed by atoms with Gasteiger partial charge < -0.3 is 5.32 Å². The van der Waals surface area contributed by atoms with Gasteiger partial charge in [0.2, 0.25) is 0 Å². The third-order valence-corrected chi connectivity index (χ3v) is 2.99. The molecule has 0 aliphatic heterocycles. The molecule has 98 valence electrons. The van der Waals surface area contributed by atoms with Gasteiger partial charge in [0.1, 0.15) is 5.69 Å². The van der Waals surface area contributed by atoms with Crippen molar-refractivity contribution in [2.45, 2.75) is 13.0 Å². The van der Waals surface area contributed by atoms with Crippen molar-refractivity contribution >= 4 is 12.2 Å². The van der Waals surface area contributed by atoms with E-state index in [4.69, 9.17) is 0 Å². The van der Waals surface area contributed by atoms with E-state index in [1.807, 2.05) is 37.3 Å². The molecule has 0 fully saturated rings. The molecule has 0 saturated carbocycles. The average Bonchev–Trinajstić information content (AvgIpc) is 2.90. The number of nitrogens with zero attached hydrogens (tertiary/aromatic N) is 2. The van der Waals surface area contributed by atoms with Crippen molar-refractivity contribution in [2.24, 2.45) is 0 Å². The topological polar surface area (TPSA) is 64.0 Å². The Kier molecular flexibility index (Phi) is 3.75. The van der Waals surface area contributed by atoms with E-state index >= 15 is 0 Å². The SMILES string of the molecule is CNC(=O)c1cc(C=O)n(C(C)c2ccccc2)n1. The maximum Gasteiger partial charge on any atom is 0.271 e. The van der Waals surface area contributed by atoms with E-state index in [-0.39, 0.29) is 17.6 Å². The van der Waals surface area contributed by atoms with Crippen LogP contribution in [0.3, 0.4) is 0 Å². The van der Waals surface area contributed by atoms with Crippen LogP contribution in [-0.2, 0) is 0 Å². The lowest BCUT2D eigenvalue weighted by Crippen LogP contribution is -2.19. The second-order valence-electron chi connectivity index (χ2n) is 4.18. The Labute approximate surface area is 111 Å². The Morgan fingerprint density at radius 2 is 2.05 bits per heavy atom. The van der Waals surface area contributed by atoms with Gasteiger partial charge in [0.15, 0.2) is 12.0 Å². The van der Waals surface area contributed by atoms with E-state index in [1.165, 1.54) is 13.1 Å². The van der Waals surface area contributed by atoms with E-state index in [0.717, 1.165) is 5.56 Å². The fourth-order valence-corrected chi connectivity index (χ4v) is 1.92. The molecule has 1 amide bonds. The van der Waals surface area contributed by atoms with Crippen molar-refractivity contribution in [2.75, 3.05) is 7.05 Å². The van der Waals surface area contributed by atoms with Crippen molar-refractivity contribution in [3.05, 3.63) is 53.3 Å². The summed E-state index contributed by atoms with van der Waals surface area (Å²) in [6, 6.07) is 11.1. The van der Waals surface area contributed by atoms with Gasteiger partial charge in [-0.3, -0.25) is 14.3 Å². The standard InChI is InChI=1S/C14H15N3O2/c1-10(11-6-4-3-5-7-11)17-12(9-18)8-13(16-17)14(19)15-2/h3-10H,1-2H3,(H,15,19). The normalized spacial score (nSPS) is 11.9. The monoisotopic (exact) mass is 257 g/mol. The second-order valence-corrected chi connectivity index (χ2v) is 4.18. The van der Waals surface area contributed by atoms with Crippen molar-refractivity contribution in [3.63, 3.8) is 0 Å². The Morgan fingerprint density at radius 1 is 1.37 bits per heavy atom. The number of aromatic nitrogens is 2. The number of carbonyl (C=O) groups is 2. The quantitative estimate of drug-likeness (QED) is 0.847. The Bertz CT molecular complexity index is 590. The molecule has 1 aromatic heterocycles. The van der Waals surface area contributed by atoms with E-state index in [0.29, 0.717) is 12.0 Å². The van der Waals surface area contributed by atoms with Gasteiger partial charge >= 0.3 is 0 Å². The molecule has 0 aliphatic rings. The molecule has 5 nitrogen and oxygen atoms in total. The molecule has 0 radical (unpaired) electrons. The summed E-state index contributed by atoms with van der Waals surface area (Å²) in [7, 11) is 1.53. The predicted octanol–water partition coefficient (Wildman–Crippen LogP) is 1.66. The fraction of sp³-hybridized carbons (Fsp3) is 0.214. The molecule has 1 unspecified atom stereocenters. The van der Waals surface area contributed by atoms with Crippen molar-refractivity contribution in [3.8, 4) is 0 Å². The van der Waals surface area contributed by atoms with Crippen LogP contribution < -0.4 is 5.32 Å². The first-order chi connectivity index (χ1) is 9.17. The molecule has 0 spiro atoms. The van der Waals surface area contributed by atoms with Gasteiger partial charge in [-0.25, -0.2) is 0 Å². The molecular weight excluding hydrogens is 242 g/mol. The van der Waals surface area contributed by atoms with Crippen LogP contribution >= 0.6 is 0 Å². The maximum atomic E-state index is 11.6. The summed E-state index contributed by atoms with van der Waals surface area (Å²) in [6.07, 6.45) is 0.707. The Morgan fingerprint density at radius 3 is 2.63 bits per heavy atom. The fourth-order valence-electron chi connectivity index (χ4n) is 1.92. The highest BCUT2D eigenvalue weighted by molar-refractivity contribution is 5.93. The summed E-state index contributed by atoms with van der Waals surface area (Å²) >= 11 is 0. The average molecular weight is 257 g/mol. The molecule has 1 atom stereocenters. The van der Waals surface area contributed by atoms with Gasteiger partial charge in [-0.2, -0.15) is 5.10 Å². The summed E-state index contributed by atoms with van der Waals surface area (Å²) in [5, 5.41) is 6.70. The third-order valence-electron chi connectivity index (χ3n) is 2.99. The van der Waals surface area contributed by atoms with Crippen LogP contribution in [0, 0.1) is 0 Å². The second kappa shape index (κ2) is 5.48. The molecule has 0 aliphatic carbocycles. The molecule has 5 heteroatoms. The largest absolute Gasteiger partial charge is 0.354 e. The van der Waals surface area contributed by atoms with Crippen LogP contribution in [0.2, 0.25) is 0 Å². The van der Waals surface area contributed by atoms with Crippen LogP contribution in [-0.4, -0.2) is 29.0 Å². The van der Waals surface area contributed by atoms with Gasteiger partial charge in [0.25, 0.3) is 5.91 Å². The van der Waals surface area contributed by atoms with Gasteiger partial charge in [-0.05, 0) is 18.6 Å². The summed E-state index contributed by atoms with van der Waals surface area (Å²) in [4.78, 5) is 22.6. The zero-order chi connectivity index (χ0) is 13.8. The van der Waals surface area contributed by atoms with E-state index in [1.54, 1.807) is 4.68 Å². The molecule has 0 bridgehead atoms. The minimum atomic E-state index is -0.304. The molecule has 1 aromatic carbocycles. The number of nitrogens with one attached hydrogen (secondary N) is 1. The number of amides is 1. The maximum absolute atomic E-state index is 11.6. The lowest BCUT2D eigenvalue weighted by atomic mass is 10.1. The van der Waals surface area contributed by atoms with Crippen molar-refractivity contribution in [1.29, 1.82) is 0 Å². The minimum absolute atomic E-state index is 0.111. The van der Waals surface area contributed by atoms with Gasteiger partial charge in [0, 0.05) is 7.05 Å². The first-order valence-electron chi connectivity index (χ1n) is 5.99. The molecular formula is C14H15N3O2. The van der Waals surface area contributed by atoms with Crippen LogP contribution in [0.25, 0.3) is 0 Å². The lowest BCUT2D eigenvalue weighted by molar-refractivity contribution is 0.0957. The number of carbonyl (C=O) groups excluding carboxylic acids is 2. The molecule has 2 aromatic rings. The highest BCUT2D eigenvalue weighted by atomic mass is 16.2. The molecule has 19 heavy (non-hydrogen) atoms. The summed E-state index contributed by atoms with van der Waals surface area (Å²) in [5.41, 5.74) is 1.65. The predicted molar refractivity (Wildman–Crippen MR) is 71.3 cm³/mol. The van der Waals surface area contributed by atoms with E-state index in [2.05, 4.69) is 10.4 Å². The molecule has 0 saturated heterocycles. The Hall–Kier alpha value is -2.43. The smallest absolute Gasteiger partial charge is 0.271 e. The summed E-state index contributed by atoms with van der Waals surface area (Å²) in [5.74, 6) is -0.304. The van der Waals surface area contributed by atoms with Crippen LogP contribution in [0.5, 0.6) is 0 Å². The highest BCUT2D eigenvalue weighted by Crippen LogP contribution is 2.19. The lowest BCUT2D eigenvalue weighted by Gasteiger charge is -2.13. The number of hydrogen-bond donors (Lipinski definition) is 1. The zero-order valence-corrected chi connectivity index (χ0v) is 10.8. The van der Waals surface area contributed by atoms with Crippen LogP contribution in [0.1, 0.15) is 39.5 Å². The van der Waals surface area contributed by atoms with Gasteiger partial charge in [-0.15, -0.1) is 0 Å². The number of hydrogen-bond acceptors (Lipinski definition) is 3. The molecule has 1 heterocycles. The first kappa shape index (κ1) is 13.0. The molecule has 2 rings (SSSR count). The zero-order valence-electron chi connectivity index (χ0n) is 10.8. The van der Waals surface area contributed by atoms with E-state index in [9.17, 15) is 9.59 Å². The van der Waals surface area contributed by atoms with Crippen LogP contribution in [0.4, 0.5) is 0 Å². The highest BCUT2D eigenvalue weighted by Gasteiger charge is 2.17. The van der Waals surface area contributed by atoms with Crippen LogP contribution in [0.15, 0.2) is 36.4 Å². The van der Waals surface area contributed by atoms with Crippen molar-refractivity contribution in [1.82, 2.24) is 15.1 Å². The summed E-state index contributed by atoms with van der Waals surface area (Å²) in [6.45, 7) is 1.93. The number of aldehydes is 1. The van der Waals surface area contributed by atoms with Gasteiger partial charge in [0.05, 0.1) is 6.04 Å². The number of benzene rings is 1. The molecule has 1 N–H and O–H groups in total. The Balaban J connectivity index is 2.41. The third kappa shape index (κ3) is 2.54.